The number of thiophene rings is 1. The number of ketones is 1. The number of Topliss-reactive ketones (excluding diaryl/α,β-unsaturated/α-hetero) is 1. The van der Waals surface area contributed by atoms with Crippen molar-refractivity contribution in [2.75, 3.05) is 18.5 Å². The number of carbonyl (C=O) groups excluding carboxylic acids is 2. The number of para-hydroxylation sites is 1. The highest BCUT2D eigenvalue weighted by molar-refractivity contribution is 7.16. The predicted octanol–water partition coefficient (Wildman–Crippen LogP) is 4.37. The van der Waals surface area contributed by atoms with Gasteiger partial charge in [0.2, 0.25) is 5.91 Å². The summed E-state index contributed by atoms with van der Waals surface area (Å²) in [6, 6.07) is 13.8. The second kappa shape index (κ2) is 11.7. The number of carbonyl (C=O) groups is 2. The van der Waals surface area contributed by atoms with Crippen molar-refractivity contribution in [3.63, 3.8) is 0 Å². The topological polar surface area (TPSA) is 104 Å². The summed E-state index contributed by atoms with van der Waals surface area (Å²) >= 11 is 1.38. The van der Waals surface area contributed by atoms with E-state index < -0.39 is 5.92 Å². The van der Waals surface area contributed by atoms with Crippen molar-refractivity contribution in [3.05, 3.63) is 75.9 Å². The molecule has 0 radical (unpaired) electrons. The third kappa shape index (κ3) is 5.94. The summed E-state index contributed by atoms with van der Waals surface area (Å²) in [5, 5.41) is 16.7. The molecular formula is C27H28N4O3S. The molecule has 180 valence electrons. The van der Waals surface area contributed by atoms with Gasteiger partial charge in [-0.05, 0) is 54.7 Å². The van der Waals surface area contributed by atoms with E-state index in [9.17, 15) is 14.9 Å². The second-order valence-electron chi connectivity index (χ2n) is 8.35. The van der Waals surface area contributed by atoms with Crippen LogP contribution in [-0.2, 0) is 29.0 Å². The summed E-state index contributed by atoms with van der Waals surface area (Å²) in [6.45, 7) is 3.57. The molecule has 8 heteroatoms. The molecule has 1 unspecified atom stereocenters. The SMILES string of the molecule is CCOc1ccccc1CCC(=O)Nc1sc2c(c1C#N)C(C(=O)CCc1ccncc1)CNC2. The molecule has 2 aromatic heterocycles. The molecule has 0 saturated carbocycles. The van der Waals surface area contributed by atoms with Gasteiger partial charge in [0.1, 0.15) is 22.6 Å². The molecule has 1 amide bonds. The Hall–Kier alpha value is -3.54. The maximum absolute atomic E-state index is 13.1. The van der Waals surface area contributed by atoms with E-state index in [4.69, 9.17) is 4.74 Å². The van der Waals surface area contributed by atoms with Crippen molar-refractivity contribution in [1.82, 2.24) is 10.3 Å². The lowest BCUT2D eigenvalue weighted by atomic mass is 9.87. The van der Waals surface area contributed by atoms with Gasteiger partial charge in [-0.3, -0.25) is 14.6 Å². The molecule has 1 aliphatic heterocycles. The summed E-state index contributed by atoms with van der Waals surface area (Å²) in [6.07, 6.45) is 5.26. The number of nitrogens with one attached hydrogen (secondary N) is 2. The first-order valence-electron chi connectivity index (χ1n) is 11.8. The highest BCUT2D eigenvalue weighted by atomic mass is 32.1. The van der Waals surface area contributed by atoms with Gasteiger partial charge in [0.15, 0.2) is 0 Å². The van der Waals surface area contributed by atoms with E-state index >= 15 is 0 Å². The highest BCUT2D eigenvalue weighted by Crippen LogP contribution is 2.40. The van der Waals surface area contributed by atoms with Crippen LogP contribution in [0, 0.1) is 11.3 Å². The molecule has 1 atom stereocenters. The molecule has 0 bridgehead atoms. The fourth-order valence-electron chi connectivity index (χ4n) is 4.33. The third-order valence-electron chi connectivity index (χ3n) is 6.06. The van der Waals surface area contributed by atoms with E-state index in [1.807, 2.05) is 43.3 Å². The molecule has 1 aliphatic rings. The average molecular weight is 489 g/mol. The molecule has 0 spiro atoms. The number of hydrogen-bond donors (Lipinski definition) is 2. The Kier molecular flexibility index (Phi) is 8.24. The molecule has 2 N–H and O–H groups in total. The van der Waals surface area contributed by atoms with Crippen molar-refractivity contribution >= 4 is 28.0 Å². The van der Waals surface area contributed by atoms with Gasteiger partial charge in [0.05, 0.1) is 18.1 Å². The first kappa shape index (κ1) is 24.6. The third-order valence-corrected chi connectivity index (χ3v) is 7.18. The number of rotatable bonds is 10. The zero-order valence-electron chi connectivity index (χ0n) is 19.7. The monoisotopic (exact) mass is 488 g/mol. The van der Waals surface area contributed by atoms with Crippen LogP contribution in [-0.4, -0.2) is 29.8 Å². The van der Waals surface area contributed by atoms with Crippen LogP contribution >= 0.6 is 11.3 Å². The molecular weight excluding hydrogens is 460 g/mol. The summed E-state index contributed by atoms with van der Waals surface area (Å²) in [5.74, 6) is 0.316. The first-order chi connectivity index (χ1) is 17.1. The Balaban J connectivity index is 1.45. The Morgan fingerprint density at radius 3 is 2.77 bits per heavy atom. The van der Waals surface area contributed by atoms with Crippen LogP contribution in [0.1, 0.15) is 52.8 Å². The maximum Gasteiger partial charge on any atom is 0.225 e. The van der Waals surface area contributed by atoms with Gasteiger partial charge in [-0.25, -0.2) is 0 Å². The molecule has 3 aromatic rings. The van der Waals surface area contributed by atoms with Gasteiger partial charge in [0.25, 0.3) is 0 Å². The van der Waals surface area contributed by atoms with Crippen molar-refractivity contribution in [2.24, 2.45) is 0 Å². The van der Waals surface area contributed by atoms with Gasteiger partial charge in [-0.15, -0.1) is 11.3 Å². The number of aromatic nitrogens is 1. The Morgan fingerprint density at radius 1 is 1.20 bits per heavy atom. The molecule has 0 saturated heterocycles. The molecule has 0 fully saturated rings. The van der Waals surface area contributed by atoms with E-state index in [0.717, 1.165) is 27.3 Å². The minimum Gasteiger partial charge on any atom is -0.494 e. The Morgan fingerprint density at radius 2 is 2.00 bits per heavy atom. The summed E-state index contributed by atoms with van der Waals surface area (Å²) in [7, 11) is 0. The van der Waals surface area contributed by atoms with E-state index in [1.54, 1.807) is 12.4 Å². The van der Waals surface area contributed by atoms with E-state index in [0.29, 0.717) is 49.5 Å². The number of fused-ring (bicyclic) bond motifs is 1. The van der Waals surface area contributed by atoms with Crippen molar-refractivity contribution in [3.8, 4) is 11.8 Å². The molecule has 4 rings (SSSR count). The quantitative estimate of drug-likeness (QED) is 0.439. The number of anilines is 1. The van der Waals surface area contributed by atoms with Crippen LogP contribution in [0.4, 0.5) is 5.00 Å². The number of aryl methyl sites for hydroxylation is 2. The minimum atomic E-state index is -0.393. The summed E-state index contributed by atoms with van der Waals surface area (Å²) in [4.78, 5) is 30.8. The number of pyridine rings is 1. The number of benzene rings is 1. The van der Waals surface area contributed by atoms with Crippen LogP contribution in [0.2, 0.25) is 0 Å². The smallest absolute Gasteiger partial charge is 0.225 e. The van der Waals surface area contributed by atoms with E-state index in [1.165, 1.54) is 11.3 Å². The fourth-order valence-corrected chi connectivity index (χ4v) is 5.53. The average Bonchev–Trinajstić information content (AvgIpc) is 3.24. The van der Waals surface area contributed by atoms with Gasteiger partial charge < -0.3 is 15.4 Å². The van der Waals surface area contributed by atoms with Crippen LogP contribution in [0.3, 0.4) is 0 Å². The summed E-state index contributed by atoms with van der Waals surface area (Å²) < 4.78 is 5.65. The zero-order valence-corrected chi connectivity index (χ0v) is 20.5. The van der Waals surface area contributed by atoms with Crippen LogP contribution < -0.4 is 15.4 Å². The second-order valence-corrected chi connectivity index (χ2v) is 9.45. The lowest BCUT2D eigenvalue weighted by Gasteiger charge is -2.23. The lowest BCUT2D eigenvalue weighted by Crippen LogP contribution is -2.32. The number of ether oxygens (including phenoxy) is 1. The van der Waals surface area contributed by atoms with Gasteiger partial charge >= 0.3 is 0 Å². The standard InChI is InChI=1S/C27H28N4O3S/c1-2-34-23-6-4-3-5-19(23)8-10-25(33)31-27-20(15-28)26-21(16-30-17-24(26)35-27)22(32)9-7-18-11-13-29-14-12-18/h3-6,11-14,21,30H,2,7-10,16-17H2,1H3,(H,31,33). The number of nitriles is 1. The number of nitrogens with zero attached hydrogens (tertiary/aromatic N) is 2. The zero-order chi connectivity index (χ0) is 24.6. The maximum atomic E-state index is 13.1. The van der Waals surface area contributed by atoms with Crippen molar-refractivity contribution in [1.29, 1.82) is 5.26 Å². The lowest BCUT2D eigenvalue weighted by molar-refractivity contribution is -0.120. The predicted molar refractivity (Wildman–Crippen MR) is 136 cm³/mol. The van der Waals surface area contributed by atoms with Crippen molar-refractivity contribution in [2.45, 2.75) is 45.1 Å². The largest absolute Gasteiger partial charge is 0.494 e. The molecule has 7 nitrogen and oxygen atoms in total. The normalized spacial score (nSPS) is 14.6. The van der Waals surface area contributed by atoms with E-state index in [-0.39, 0.29) is 18.1 Å². The Labute approximate surface area is 209 Å². The van der Waals surface area contributed by atoms with Gasteiger partial charge in [-0.1, -0.05) is 18.2 Å². The van der Waals surface area contributed by atoms with Crippen LogP contribution in [0.15, 0.2) is 48.8 Å². The summed E-state index contributed by atoms with van der Waals surface area (Å²) in [5.41, 5.74) is 3.21. The molecule has 1 aromatic carbocycles. The van der Waals surface area contributed by atoms with E-state index in [2.05, 4.69) is 21.7 Å². The van der Waals surface area contributed by atoms with Crippen LogP contribution in [0.5, 0.6) is 5.75 Å². The van der Waals surface area contributed by atoms with Gasteiger partial charge in [0, 0.05) is 43.2 Å². The fraction of sp³-hybridized carbons (Fsp3) is 0.333. The molecule has 3 heterocycles. The van der Waals surface area contributed by atoms with Crippen LogP contribution in [0.25, 0.3) is 0 Å². The highest BCUT2D eigenvalue weighted by Gasteiger charge is 2.32. The molecule has 35 heavy (non-hydrogen) atoms. The Bertz CT molecular complexity index is 1230. The minimum absolute atomic E-state index is 0.0926. The number of amides is 1. The first-order valence-corrected chi connectivity index (χ1v) is 12.6. The van der Waals surface area contributed by atoms with Crippen molar-refractivity contribution < 1.29 is 14.3 Å². The molecule has 0 aliphatic carbocycles. The number of hydrogen-bond acceptors (Lipinski definition) is 7. The van der Waals surface area contributed by atoms with Gasteiger partial charge in [-0.2, -0.15) is 5.26 Å².